The Morgan fingerprint density at radius 2 is 1.70 bits per heavy atom. The van der Waals surface area contributed by atoms with E-state index in [1.807, 2.05) is 0 Å². The number of imidazole rings is 1. The molecule has 0 aliphatic heterocycles. The maximum atomic E-state index is 13.9. The van der Waals surface area contributed by atoms with E-state index in [0.717, 1.165) is 12.8 Å². The summed E-state index contributed by atoms with van der Waals surface area (Å²) in [6, 6.07) is 0.668. The number of hydrogen-bond donors (Lipinski definition) is 2. The van der Waals surface area contributed by atoms with Crippen LogP contribution in [0.1, 0.15) is 90.9 Å². The Kier molecular flexibility index (Phi) is 6.57. The van der Waals surface area contributed by atoms with Crippen LogP contribution >= 0.6 is 0 Å². The van der Waals surface area contributed by atoms with Gasteiger partial charge < -0.3 is 15.2 Å². The fourth-order valence-electron chi connectivity index (χ4n) is 5.58. The molecule has 0 aromatic carbocycles. The van der Waals surface area contributed by atoms with Crippen molar-refractivity contribution in [1.29, 1.82) is 0 Å². The molecule has 3 aromatic rings. The highest BCUT2D eigenvalue weighted by Crippen LogP contribution is 2.51. The lowest BCUT2D eigenvalue weighted by atomic mass is 9.81. The minimum absolute atomic E-state index is 0.113. The van der Waals surface area contributed by atoms with Crippen molar-refractivity contribution in [2.24, 2.45) is 17.8 Å². The molecule has 0 saturated heterocycles. The first-order chi connectivity index (χ1) is 19.0. The van der Waals surface area contributed by atoms with Gasteiger partial charge in [-0.05, 0) is 50.5 Å². The molecule has 3 heterocycles. The Bertz CT molecular complexity index is 1420. The maximum absolute atomic E-state index is 13.9. The molecule has 0 bridgehead atoms. The Labute approximate surface area is 227 Å². The van der Waals surface area contributed by atoms with Gasteiger partial charge in [-0.3, -0.25) is 14.0 Å². The summed E-state index contributed by atoms with van der Waals surface area (Å²) in [7, 11) is 0. The maximum Gasteiger partial charge on any atom is 0.274 e. The monoisotopic (exact) mass is 562 g/mol. The Morgan fingerprint density at radius 1 is 1.05 bits per heavy atom. The van der Waals surface area contributed by atoms with Crippen LogP contribution in [0.5, 0.6) is 0 Å². The molecule has 0 unspecified atom stereocenters. The van der Waals surface area contributed by atoms with Crippen molar-refractivity contribution in [3.63, 3.8) is 0 Å². The zero-order valence-corrected chi connectivity index (χ0v) is 21.9. The summed E-state index contributed by atoms with van der Waals surface area (Å²) in [6.07, 6.45) is 5.94. The predicted molar refractivity (Wildman–Crippen MR) is 133 cm³/mol. The summed E-state index contributed by atoms with van der Waals surface area (Å²) in [5.41, 5.74) is 1.70. The zero-order valence-electron chi connectivity index (χ0n) is 21.9. The number of carbonyl (C=O) groups is 2. The second kappa shape index (κ2) is 9.84. The van der Waals surface area contributed by atoms with E-state index >= 15 is 0 Å². The first-order valence-electron chi connectivity index (χ1n) is 13.6. The molecule has 13 heteroatoms. The zero-order chi connectivity index (χ0) is 28.2. The molecule has 2 N–H and O–H groups in total. The molecule has 3 aromatic heterocycles. The van der Waals surface area contributed by atoms with Crippen LogP contribution in [0.25, 0.3) is 5.78 Å². The van der Waals surface area contributed by atoms with E-state index in [4.69, 9.17) is 4.52 Å². The van der Waals surface area contributed by atoms with Gasteiger partial charge in [0.25, 0.3) is 11.8 Å². The number of halogens is 4. The average Bonchev–Trinajstić information content (AvgIpc) is 3.72. The third kappa shape index (κ3) is 5.55. The molecular weight excluding hydrogens is 532 g/mol. The quantitative estimate of drug-likeness (QED) is 0.358. The number of carbonyl (C=O) groups excluding carboxylic acids is 2. The molecule has 0 radical (unpaired) electrons. The summed E-state index contributed by atoms with van der Waals surface area (Å²) < 4.78 is 61.0. The first-order valence-corrected chi connectivity index (χ1v) is 13.6. The lowest BCUT2D eigenvalue weighted by Gasteiger charge is -2.33. The van der Waals surface area contributed by atoms with Gasteiger partial charge in [0.05, 0.1) is 23.5 Å². The average molecular weight is 563 g/mol. The van der Waals surface area contributed by atoms with Gasteiger partial charge in [0, 0.05) is 49.6 Å². The fraction of sp³-hybridized carbons (Fsp3) is 0.593. The molecule has 6 rings (SSSR count). The molecule has 3 aliphatic carbocycles. The highest BCUT2D eigenvalue weighted by Gasteiger charge is 2.57. The van der Waals surface area contributed by atoms with Gasteiger partial charge in [0.2, 0.25) is 17.6 Å². The van der Waals surface area contributed by atoms with Crippen LogP contribution < -0.4 is 10.6 Å². The van der Waals surface area contributed by atoms with Crippen LogP contribution in [0, 0.1) is 24.7 Å². The largest absolute Gasteiger partial charge is 0.364 e. The minimum atomic E-state index is -2.76. The van der Waals surface area contributed by atoms with Crippen LogP contribution in [0.2, 0.25) is 0 Å². The summed E-state index contributed by atoms with van der Waals surface area (Å²) in [5, 5.41) is 9.58. The predicted octanol–water partition coefficient (Wildman–Crippen LogP) is 4.93. The second-order valence-corrected chi connectivity index (χ2v) is 11.5. The van der Waals surface area contributed by atoms with Crippen molar-refractivity contribution in [3.8, 4) is 0 Å². The van der Waals surface area contributed by atoms with E-state index in [9.17, 15) is 27.2 Å². The van der Waals surface area contributed by atoms with E-state index in [0.29, 0.717) is 22.7 Å². The normalized spacial score (nSPS) is 23.5. The number of hydrogen-bond acceptors (Lipinski definition) is 6. The van der Waals surface area contributed by atoms with Crippen molar-refractivity contribution in [2.75, 3.05) is 0 Å². The van der Waals surface area contributed by atoms with E-state index in [1.165, 1.54) is 6.26 Å². The third-order valence-corrected chi connectivity index (χ3v) is 8.28. The third-order valence-electron chi connectivity index (χ3n) is 8.28. The van der Waals surface area contributed by atoms with Crippen molar-refractivity contribution in [2.45, 2.75) is 82.2 Å². The number of alkyl halides is 4. The summed E-state index contributed by atoms with van der Waals surface area (Å²) >= 11 is 0. The summed E-state index contributed by atoms with van der Waals surface area (Å²) in [5.74, 6) is -7.12. The van der Waals surface area contributed by atoms with Crippen molar-refractivity contribution >= 4 is 17.6 Å². The Balaban J connectivity index is 1.25. The number of nitrogens with zero attached hydrogens (tertiary/aromatic N) is 4. The van der Waals surface area contributed by atoms with Gasteiger partial charge in [-0.1, -0.05) is 5.16 Å². The van der Waals surface area contributed by atoms with E-state index in [2.05, 4.69) is 25.8 Å². The lowest BCUT2D eigenvalue weighted by Crippen LogP contribution is -2.37. The van der Waals surface area contributed by atoms with Gasteiger partial charge >= 0.3 is 0 Å². The van der Waals surface area contributed by atoms with E-state index in [-0.39, 0.29) is 56.1 Å². The summed E-state index contributed by atoms with van der Waals surface area (Å²) in [6.45, 7) is 1.68. The molecule has 3 atom stereocenters. The van der Waals surface area contributed by atoms with Crippen LogP contribution in [-0.4, -0.2) is 43.2 Å². The number of aryl methyl sites for hydroxylation is 1. The topological polar surface area (TPSA) is 114 Å². The van der Waals surface area contributed by atoms with Gasteiger partial charge in [-0.25, -0.2) is 27.5 Å². The highest BCUT2D eigenvalue weighted by molar-refractivity contribution is 5.93. The molecule has 0 spiro atoms. The van der Waals surface area contributed by atoms with E-state index in [1.54, 1.807) is 29.8 Å². The standard InChI is InChI=1S/C27H30F4N6O3/c1-14-13-40-36-21(14)24(39)35-23(16-4-7-26(28,29)8-5-16)19-12-37-9-6-18(32-25(37)33-19)22(15-2-3-15)34-20(38)10-17-11-27(17,30)31/h6,9,12-13,15-17,22-23H,2-5,7-8,10-11H2,1H3,(H,34,38)(H,35,39)/t17-,22+,23-/m0/s1. The number of nitrogens with one attached hydrogen (secondary N) is 2. The molecule has 3 fully saturated rings. The number of rotatable bonds is 9. The molecule has 40 heavy (non-hydrogen) atoms. The second-order valence-electron chi connectivity index (χ2n) is 11.5. The molecule has 3 aliphatic rings. The van der Waals surface area contributed by atoms with Crippen molar-refractivity contribution in [3.05, 3.63) is 47.4 Å². The first kappa shape index (κ1) is 26.7. The van der Waals surface area contributed by atoms with Crippen LogP contribution in [0.4, 0.5) is 17.6 Å². The molecule has 214 valence electrons. The minimum Gasteiger partial charge on any atom is -0.364 e. The smallest absolute Gasteiger partial charge is 0.274 e. The highest BCUT2D eigenvalue weighted by atomic mass is 19.3. The lowest BCUT2D eigenvalue weighted by molar-refractivity contribution is -0.123. The van der Waals surface area contributed by atoms with Crippen molar-refractivity contribution in [1.82, 2.24) is 30.2 Å². The van der Waals surface area contributed by atoms with Gasteiger partial charge in [0.1, 0.15) is 6.26 Å². The number of aromatic nitrogens is 4. The molecule has 9 nitrogen and oxygen atoms in total. The summed E-state index contributed by atoms with van der Waals surface area (Å²) in [4.78, 5) is 34.8. The van der Waals surface area contributed by atoms with Gasteiger partial charge in [0.15, 0.2) is 5.69 Å². The molecule has 3 saturated carbocycles. The number of fused-ring (bicyclic) bond motifs is 1. The Hall–Kier alpha value is -3.51. The van der Waals surface area contributed by atoms with Gasteiger partial charge in [-0.15, -0.1) is 0 Å². The van der Waals surface area contributed by atoms with E-state index < -0.39 is 41.7 Å². The van der Waals surface area contributed by atoms with Crippen LogP contribution in [0.15, 0.2) is 29.2 Å². The van der Waals surface area contributed by atoms with Crippen LogP contribution in [0.3, 0.4) is 0 Å². The SMILES string of the molecule is Cc1conc1C(=O)N[C@H](c1cn2ccc([C@H](NC(=O)C[C@H]3CC3(F)F)C3CC3)nc2n1)C1CCC(F)(F)CC1. The Morgan fingerprint density at radius 3 is 2.33 bits per heavy atom. The number of amides is 2. The molecular formula is C27H30F4N6O3. The molecule has 2 amide bonds. The fourth-order valence-corrected chi connectivity index (χ4v) is 5.58. The van der Waals surface area contributed by atoms with Crippen LogP contribution in [-0.2, 0) is 4.79 Å². The van der Waals surface area contributed by atoms with Crippen molar-refractivity contribution < 1.29 is 31.7 Å². The van der Waals surface area contributed by atoms with Gasteiger partial charge in [-0.2, -0.15) is 0 Å².